The van der Waals surface area contributed by atoms with E-state index in [1.54, 1.807) is 11.3 Å². The van der Waals surface area contributed by atoms with Gasteiger partial charge >= 0.3 is 0 Å². The van der Waals surface area contributed by atoms with Gasteiger partial charge in [-0.1, -0.05) is 30.3 Å². The lowest BCUT2D eigenvalue weighted by Gasteiger charge is -2.15. The molecule has 98 valence electrons. The molecule has 3 aromatic rings. The molecule has 4 heteroatoms. The number of aromatic nitrogens is 2. The Morgan fingerprint density at radius 2 is 2.16 bits per heavy atom. The first-order chi connectivity index (χ1) is 9.36. The van der Waals surface area contributed by atoms with Crippen LogP contribution in [0.5, 0.6) is 0 Å². The van der Waals surface area contributed by atoms with Crippen molar-refractivity contribution in [1.29, 1.82) is 0 Å². The molecule has 0 bridgehead atoms. The second-order valence-corrected chi connectivity index (χ2v) is 5.57. The summed E-state index contributed by atoms with van der Waals surface area (Å²) in [5.74, 6) is 0.468. The number of hydrogen-bond donors (Lipinski definition) is 1. The Morgan fingerprint density at radius 3 is 2.89 bits per heavy atom. The minimum absolute atomic E-state index is 0.468. The van der Waals surface area contributed by atoms with E-state index in [2.05, 4.69) is 62.8 Å². The predicted octanol–water partition coefficient (Wildman–Crippen LogP) is 2.94. The van der Waals surface area contributed by atoms with E-state index in [9.17, 15) is 0 Å². The third kappa shape index (κ3) is 2.69. The number of likely N-dealkylation sites (N-methyl/N-ethyl adjacent to an activating group) is 1. The lowest BCUT2D eigenvalue weighted by molar-refractivity contribution is 0.620. The first kappa shape index (κ1) is 12.4. The summed E-state index contributed by atoms with van der Waals surface area (Å²) in [6.07, 6.45) is 5.17. The maximum absolute atomic E-state index is 4.67. The molecule has 0 aliphatic heterocycles. The largest absolute Gasteiger partial charge is 0.319 e. The Hall–Kier alpha value is -1.65. The van der Waals surface area contributed by atoms with Crippen LogP contribution in [0.4, 0.5) is 0 Å². The van der Waals surface area contributed by atoms with Gasteiger partial charge in [-0.25, -0.2) is 4.98 Å². The molecule has 0 aliphatic carbocycles. The fourth-order valence-corrected chi connectivity index (χ4v) is 3.13. The van der Waals surface area contributed by atoms with Gasteiger partial charge in [0.25, 0.3) is 0 Å². The first-order valence-corrected chi connectivity index (χ1v) is 7.35. The van der Waals surface area contributed by atoms with Crippen molar-refractivity contribution in [3.63, 3.8) is 0 Å². The molecule has 0 aliphatic rings. The van der Waals surface area contributed by atoms with E-state index in [1.165, 1.54) is 5.56 Å². The number of hydrogen-bond acceptors (Lipinski definition) is 3. The molecule has 3 nitrogen and oxygen atoms in total. The van der Waals surface area contributed by atoms with Gasteiger partial charge in [0, 0.05) is 30.2 Å². The third-order valence-corrected chi connectivity index (χ3v) is 4.09. The summed E-state index contributed by atoms with van der Waals surface area (Å²) in [6.45, 7) is 0.967. The lowest BCUT2D eigenvalue weighted by Crippen LogP contribution is -2.19. The zero-order chi connectivity index (χ0) is 13.1. The van der Waals surface area contributed by atoms with Crippen LogP contribution >= 0.6 is 11.3 Å². The quantitative estimate of drug-likeness (QED) is 0.773. The van der Waals surface area contributed by atoms with Crippen molar-refractivity contribution in [2.24, 2.45) is 0 Å². The molecule has 0 fully saturated rings. The minimum atomic E-state index is 0.468. The highest BCUT2D eigenvalue weighted by molar-refractivity contribution is 7.15. The summed E-state index contributed by atoms with van der Waals surface area (Å²) < 4.78 is 2.10. The number of nitrogens with zero attached hydrogens (tertiary/aromatic N) is 2. The highest BCUT2D eigenvalue weighted by atomic mass is 32.1. The van der Waals surface area contributed by atoms with Crippen LogP contribution in [0.15, 0.2) is 48.1 Å². The minimum Gasteiger partial charge on any atom is -0.319 e. The molecule has 2 aromatic heterocycles. The molecule has 19 heavy (non-hydrogen) atoms. The fraction of sp³-hybridized carbons (Fsp3) is 0.267. The zero-order valence-corrected chi connectivity index (χ0v) is 11.7. The number of nitrogens with one attached hydrogen (secondary N) is 1. The van der Waals surface area contributed by atoms with E-state index >= 15 is 0 Å². The van der Waals surface area contributed by atoms with Crippen molar-refractivity contribution in [1.82, 2.24) is 14.7 Å². The summed E-state index contributed by atoms with van der Waals surface area (Å²) >= 11 is 1.68. The molecule has 0 amide bonds. The molecule has 0 spiro atoms. The number of imidazole rings is 1. The zero-order valence-electron chi connectivity index (χ0n) is 10.9. The average Bonchev–Trinajstić information content (AvgIpc) is 3.00. The SMILES string of the molecule is CNCC(Cc1cn2ccsc2n1)c1ccccc1. The molecule has 3 rings (SSSR count). The van der Waals surface area contributed by atoms with Crippen LogP contribution in [0.3, 0.4) is 0 Å². The van der Waals surface area contributed by atoms with Crippen molar-refractivity contribution in [2.75, 3.05) is 13.6 Å². The summed E-state index contributed by atoms with van der Waals surface area (Å²) in [5.41, 5.74) is 2.53. The van der Waals surface area contributed by atoms with Gasteiger partial charge in [0.05, 0.1) is 5.69 Å². The van der Waals surface area contributed by atoms with Gasteiger partial charge < -0.3 is 5.32 Å². The molecule has 0 saturated heterocycles. The van der Waals surface area contributed by atoms with Crippen LogP contribution in [-0.2, 0) is 6.42 Å². The fourth-order valence-electron chi connectivity index (χ4n) is 2.41. The topological polar surface area (TPSA) is 29.3 Å². The molecule has 0 radical (unpaired) electrons. The summed E-state index contributed by atoms with van der Waals surface area (Å²) in [7, 11) is 2.00. The third-order valence-electron chi connectivity index (χ3n) is 3.32. The van der Waals surface area contributed by atoms with Gasteiger partial charge in [0.1, 0.15) is 0 Å². The Balaban J connectivity index is 1.83. The molecule has 2 heterocycles. The Bertz CT molecular complexity index is 613. The van der Waals surface area contributed by atoms with Crippen molar-refractivity contribution in [3.8, 4) is 0 Å². The molecule has 1 atom stereocenters. The van der Waals surface area contributed by atoms with Gasteiger partial charge in [-0.2, -0.15) is 0 Å². The number of fused-ring (bicyclic) bond motifs is 1. The Kier molecular flexibility index (Phi) is 3.62. The summed E-state index contributed by atoms with van der Waals surface area (Å²) in [4.78, 5) is 5.75. The van der Waals surface area contributed by atoms with E-state index in [0.29, 0.717) is 5.92 Å². The normalized spacial score (nSPS) is 12.9. The molecule has 1 N–H and O–H groups in total. The van der Waals surface area contributed by atoms with Crippen molar-refractivity contribution in [2.45, 2.75) is 12.3 Å². The summed E-state index contributed by atoms with van der Waals surface area (Å²) in [6, 6.07) is 10.7. The van der Waals surface area contributed by atoms with E-state index in [-0.39, 0.29) is 0 Å². The van der Waals surface area contributed by atoms with Crippen LogP contribution in [0, 0.1) is 0 Å². The van der Waals surface area contributed by atoms with Crippen molar-refractivity contribution in [3.05, 3.63) is 59.4 Å². The van der Waals surface area contributed by atoms with Crippen LogP contribution in [0.1, 0.15) is 17.2 Å². The van der Waals surface area contributed by atoms with Crippen LogP contribution in [0.25, 0.3) is 4.96 Å². The summed E-state index contributed by atoms with van der Waals surface area (Å²) in [5, 5.41) is 5.35. The van der Waals surface area contributed by atoms with Gasteiger partial charge in [0.15, 0.2) is 4.96 Å². The van der Waals surface area contributed by atoms with Crippen LogP contribution < -0.4 is 5.32 Å². The van der Waals surface area contributed by atoms with Crippen LogP contribution in [-0.4, -0.2) is 23.0 Å². The maximum Gasteiger partial charge on any atom is 0.193 e. The predicted molar refractivity (Wildman–Crippen MR) is 79.9 cm³/mol. The lowest BCUT2D eigenvalue weighted by atomic mass is 9.94. The van der Waals surface area contributed by atoms with E-state index in [1.807, 2.05) is 7.05 Å². The molecule has 1 unspecified atom stereocenters. The second kappa shape index (κ2) is 5.55. The van der Waals surface area contributed by atoms with Gasteiger partial charge in [-0.05, 0) is 19.0 Å². The van der Waals surface area contributed by atoms with Gasteiger partial charge in [-0.3, -0.25) is 4.40 Å². The highest BCUT2D eigenvalue weighted by Gasteiger charge is 2.13. The average molecular weight is 271 g/mol. The number of rotatable bonds is 5. The van der Waals surface area contributed by atoms with E-state index in [0.717, 1.165) is 23.6 Å². The monoisotopic (exact) mass is 271 g/mol. The Labute approximate surface area is 116 Å². The first-order valence-electron chi connectivity index (χ1n) is 6.47. The number of benzene rings is 1. The molecule has 1 aromatic carbocycles. The molecular formula is C15H17N3S. The van der Waals surface area contributed by atoms with E-state index in [4.69, 9.17) is 0 Å². The highest BCUT2D eigenvalue weighted by Crippen LogP contribution is 2.21. The van der Waals surface area contributed by atoms with E-state index < -0.39 is 0 Å². The Morgan fingerprint density at radius 1 is 1.32 bits per heavy atom. The van der Waals surface area contributed by atoms with Crippen LogP contribution in [0.2, 0.25) is 0 Å². The molecular weight excluding hydrogens is 254 g/mol. The van der Waals surface area contributed by atoms with Crippen molar-refractivity contribution < 1.29 is 0 Å². The standard InChI is InChI=1S/C15H17N3S/c1-16-10-13(12-5-3-2-4-6-12)9-14-11-18-7-8-19-15(18)17-14/h2-8,11,13,16H,9-10H2,1H3. The van der Waals surface area contributed by atoms with Gasteiger partial charge in [0.2, 0.25) is 0 Å². The van der Waals surface area contributed by atoms with Gasteiger partial charge in [-0.15, -0.1) is 11.3 Å². The smallest absolute Gasteiger partial charge is 0.193 e. The number of thiazole rings is 1. The maximum atomic E-state index is 4.67. The molecule has 0 saturated carbocycles. The van der Waals surface area contributed by atoms with Crippen molar-refractivity contribution >= 4 is 16.3 Å². The second-order valence-electron chi connectivity index (χ2n) is 4.69.